The van der Waals surface area contributed by atoms with Crippen LogP contribution in [0.15, 0.2) is 57.7 Å². The molecule has 0 unspecified atom stereocenters. The highest BCUT2D eigenvalue weighted by atomic mass is 35.5. The molecule has 24 heavy (non-hydrogen) atoms. The number of methoxy groups -OCH3 is 1. The fourth-order valence-corrected chi connectivity index (χ4v) is 2.40. The molecule has 0 fully saturated rings. The van der Waals surface area contributed by atoms with E-state index in [1.54, 1.807) is 24.3 Å². The van der Waals surface area contributed by atoms with Crippen molar-refractivity contribution in [1.82, 2.24) is 0 Å². The molecule has 1 aromatic heterocycles. The van der Waals surface area contributed by atoms with Gasteiger partial charge < -0.3 is 13.9 Å². The van der Waals surface area contributed by atoms with Gasteiger partial charge in [0.1, 0.15) is 23.5 Å². The van der Waals surface area contributed by atoms with Crippen molar-refractivity contribution in [3.8, 4) is 5.75 Å². The van der Waals surface area contributed by atoms with Gasteiger partial charge in [-0.05, 0) is 24.3 Å². The second-order valence-electron chi connectivity index (χ2n) is 5.02. The maximum absolute atomic E-state index is 11.8. The Kier molecular flexibility index (Phi) is 4.53. The van der Waals surface area contributed by atoms with Crippen LogP contribution in [-0.4, -0.2) is 13.1 Å². The van der Waals surface area contributed by atoms with E-state index < -0.39 is 11.6 Å². The second-order valence-corrected chi connectivity index (χ2v) is 5.43. The normalized spacial score (nSPS) is 10.6. The average molecular weight is 345 g/mol. The summed E-state index contributed by atoms with van der Waals surface area (Å²) in [6.07, 6.45) is 0. The zero-order valence-corrected chi connectivity index (χ0v) is 13.5. The van der Waals surface area contributed by atoms with Crippen LogP contribution in [0.25, 0.3) is 11.0 Å². The van der Waals surface area contributed by atoms with Crippen molar-refractivity contribution in [2.24, 2.45) is 0 Å². The summed E-state index contributed by atoms with van der Waals surface area (Å²) in [7, 11) is 1.21. The third kappa shape index (κ3) is 3.26. The molecule has 1 heterocycles. The molecule has 122 valence electrons. The molecule has 0 saturated carbocycles. The molecular weight excluding hydrogens is 332 g/mol. The van der Waals surface area contributed by atoms with Crippen molar-refractivity contribution in [2.45, 2.75) is 6.61 Å². The lowest BCUT2D eigenvalue weighted by Gasteiger charge is -2.08. The minimum Gasteiger partial charge on any atom is -0.489 e. The van der Waals surface area contributed by atoms with Gasteiger partial charge in [0.2, 0.25) is 0 Å². The molecule has 0 atom stereocenters. The Labute approximate surface area is 142 Å². The van der Waals surface area contributed by atoms with E-state index in [0.717, 1.165) is 5.56 Å². The minimum absolute atomic E-state index is 0.144. The highest BCUT2D eigenvalue weighted by Gasteiger charge is 2.14. The molecule has 0 saturated heterocycles. The Morgan fingerprint density at radius 3 is 2.71 bits per heavy atom. The lowest BCUT2D eigenvalue weighted by molar-refractivity contribution is 0.0596. The first-order valence-corrected chi connectivity index (χ1v) is 7.48. The van der Waals surface area contributed by atoms with Crippen molar-refractivity contribution >= 4 is 28.5 Å². The zero-order valence-electron chi connectivity index (χ0n) is 12.7. The molecule has 0 bridgehead atoms. The number of fused-ring (bicyclic) bond motifs is 1. The summed E-state index contributed by atoms with van der Waals surface area (Å²) in [5, 5.41) is 1.22. The van der Waals surface area contributed by atoms with Crippen molar-refractivity contribution in [3.05, 3.63) is 75.1 Å². The summed E-state index contributed by atoms with van der Waals surface area (Å²) in [5.74, 6) is -0.207. The number of carbonyl (C=O) groups is 1. The summed E-state index contributed by atoms with van der Waals surface area (Å²) in [6, 6.07) is 13.8. The molecule has 0 aliphatic rings. The largest absolute Gasteiger partial charge is 0.489 e. The number of halogens is 1. The van der Waals surface area contributed by atoms with Gasteiger partial charge in [0, 0.05) is 22.0 Å². The third-order valence-corrected chi connectivity index (χ3v) is 3.83. The van der Waals surface area contributed by atoms with Gasteiger partial charge in [-0.2, -0.15) is 0 Å². The molecule has 6 heteroatoms. The van der Waals surface area contributed by atoms with E-state index in [0.29, 0.717) is 21.7 Å². The summed E-state index contributed by atoms with van der Waals surface area (Å²) in [6.45, 7) is 0.287. The molecule has 0 aliphatic carbocycles. The Bertz CT molecular complexity index is 961. The smallest absolute Gasteiger partial charge is 0.351 e. The average Bonchev–Trinajstić information content (AvgIpc) is 2.59. The molecule has 3 aromatic rings. The Hall–Kier alpha value is -2.79. The topological polar surface area (TPSA) is 65.7 Å². The van der Waals surface area contributed by atoms with Gasteiger partial charge in [-0.1, -0.05) is 29.8 Å². The SMILES string of the molecule is COC(=O)c1cc2ccc(OCc3ccccc3Cl)cc2oc1=O. The first kappa shape index (κ1) is 16.1. The van der Waals surface area contributed by atoms with Crippen molar-refractivity contribution in [1.29, 1.82) is 0 Å². The van der Waals surface area contributed by atoms with Crippen molar-refractivity contribution < 1.29 is 18.7 Å². The molecular formula is C18H13ClO5. The standard InChI is InChI=1S/C18H13ClO5/c1-22-17(20)14-8-11-6-7-13(9-16(11)24-18(14)21)23-10-12-4-2-3-5-15(12)19/h2-9H,10H2,1H3. The summed E-state index contributed by atoms with van der Waals surface area (Å²) >= 11 is 6.08. The van der Waals surface area contributed by atoms with Crippen molar-refractivity contribution in [3.63, 3.8) is 0 Å². The van der Waals surface area contributed by atoms with E-state index in [2.05, 4.69) is 4.74 Å². The third-order valence-electron chi connectivity index (χ3n) is 3.46. The number of hydrogen-bond acceptors (Lipinski definition) is 5. The molecule has 2 aromatic carbocycles. The molecule has 3 rings (SSSR count). The fraction of sp³-hybridized carbons (Fsp3) is 0.111. The van der Waals surface area contributed by atoms with E-state index in [4.69, 9.17) is 20.8 Å². The maximum atomic E-state index is 11.8. The van der Waals surface area contributed by atoms with E-state index in [9.17, 15) is 9.59 Å². The first-order chi connectivity index (χ1) is 11.6. The van der Waals surface area contributed by atoms with Crippen molar-refractivity contribution in [2.75, 3.05) is 7.11 Å². The molecule has 0 radical (unpaired) electrons. The van der Waals surface area contributed by atoms with Crippen LogP contribution in [0.4, 0.5) is 0 Å². The minimum atomic E-state index is -0.752. The predicted octanol–water partition coefficient (Wildman–Crippen LogP) is 3.81. The fourth-order valence-electron chi connectivity index (χ4n) is 2.21. The van der Waals surface area contributed by atoms with E-state index in [1.165, 1.54) is 13.2 Å². The van der Waals surface area contributed by atoms with Crippen LogP contribution in [-0.2, 0) is 11.3 Å². The van der Waals surface area contributed by atoms with Crippen LogP contribution in [0.1, 0.15) is 15.9 Å². The van der Waals surface area contributed by atoms with Crippen LogP contribution in [0.5, 0.6) is 5.75 Å². The van der Waals surface area contributed by atoms with Gasteiger partial charge in [-0.3, -0.25) is 0 Å². The van der Waals surface area contributed by atoms with Crippen LogP contribution >= 0.6 is 11.6 Å². The maximum Gasteiger partial charge on any atom is 0.351 e. The molecule has 0 N–H and O–H groups in total. The number of carbonyl (C=O) groups excluding carboxylic acids is 1. The summed E-state index contributed by atoms with van der Waals surface area (Å²) in [5.41, 5.74) is 0.276. The lowest BCUT2D eigenvalue weighted by Crippen LogP contribution is -2.14. The lowest BCUT2D eigenvalue weighted by atomic mass is 10.2. The highest BCUT2D eigenvalue weighted by Crippen LogP contribution is 2.23. The van der Waals surface area contributed by atoms with Gasteiger partial charge in [0.05, 0.1) is 7.11 Å². The predicted molar refractivity (Wildman–Crippen MR) is 89.6 cm³/mol. The monoisotopic (exact) mass is 344 g/mol. The first-order valence-electron chi connectivity index (χ1n) is 7.11. The van der Waals surface area contributed by atoms with Gasteiger partial charge >= 0.3 is 11.6 Å². The van der Waals surface area contributed by atoms with E-state index in [1.807, 2.05) is 18.2 Å². The van der Waals surface area contributed by atoms with Gasteiger partial charge in [-0.25, -0.2) is 9.59 Å². The number of benzene rings is 2. The Balaban J connectivity index is 1.88. The summed E-state index contributed by atoms with van der Waals surface area (Å²) in [4.78, 5) is 23.4. The van der Waals surface area contributed by atoms with Crippen LogP contribution < -0.4 is 10.4 Å². The quantitative estimate of drug-likeness (QED) is 0.532. The number of ether oxygens (including phenoxy) is 2. The van der Waals surface area contributed by atoms with Crippen LogP contribution in [0.3, 0.4) is 0 Å². The molecule has 0 spiro atoms. The number of esters is 1. The molecule has 0 aliphatic heterocycles. The number of hydrogen-bond donors (Lipinski definition) is 0. The Morgan fingerprint density at radius 2 is 1.96 bits per heavy atom. The Morgan fingerprint density at radius 1 is 1.17 bits per heavy atom. The van der Waals surface area contributed by atoms with Gasteiger partial charge in [0.15, 0.2) is 0 Å². The molecule has 0 amide bonds. The zero-order chi connectivity index (χ0) is 17.1. The second kappa shape index (κ2) is 6.76. The molecule has 5 nitrogen and oxygen atoms in total. The summed E-state index contributed by atoms with van der Waals surface area (Å²) < 4.78 is 15.4. The van der Waals surface area contributed by atoms with Crippen LogP contribution in [0.2, 0.25) is 5.02 Å². The van der Waals surface area contributed by atoms with E-state index >= 15 is 0 Å². The van der Waals surface area contributed by atoms with Gasteiger partial charge in [0.25, 0.3) is 0 Å². The highest BCUT2D eigenvalue weighted by molar-refractivity contribution is 6.31. The van der Waals surface area contributed by atoms with Gasteiger partial charge in [-0.15, -0.1) is 0 Å². The van der Waals surface area contributed by atoms with Crippen LogP contribution in [0, 0.1) is 0 Å². The number of rotatable bonds is 4. The van der Waals surface area contributed by atoms with E-state index in [-0.39, 0.29) is 12.2 Å².